The molecule has 2 fully saturated rings. The third-order valence-corrected chi connectivity index (χ3v) is 7.73. The summed E-state index contributed by atoms with van der Waals surface area (Å²) in [7, 11) is 0. The van der Waals surface area contributed by atoms with Crippen molar-refractivity contribution in [2.24, 2.45) is 0 Å². The summed E-state index contributed by atoms with van der Waals surface area (Å²) in [4.78, 5) is 24.5. The molecule has 7 heteroatoms. The highest BCUT2D eigenvalue weighted by Crippen LogP contribution is 2.40. The molecule has 4 aromatic rings. The number of nitrogens with zero attached hydrogens (tertiary/aromatic N) is 4. The summed E-state index contributed by atoms with van der Waals surface area (Å²) >= 11 is 12.7. The summed E-state index contributed by atoms with van der Waals surface area (Å²) in [5, 5.41) is 1.18. The Balaban J connectivity index is 1.34. The molecule has 0 spiro atoms. The van der Waals surface area contributed by atoms with Crippen LogP contribution in [-0.2, 0) is 0 Å². The molecule has 172 valence electrons. The third-order valence-electron chi connectivity index (χ3n) is 7.18. The standard InChI is InChI=1S/C27H24Cl2N4O/c28-20-7-8-22(23(29)14-20)26-31-24-13-17(6-9-25(24)33(26)21-4-1-5-21)27(34)32-12-10-19(16-32)18-3-2-11-30-15-18/h2-3,6-9,11,13-15,19,21H,1,4-5,10,12,16H2. The van der Waals surface area contributed by atoms with Gasteiger partial charge in [0.25, 0.3) is 5.91 Å². The topological polar surface area (TPSA) is 51.0 Å². The van der Waals surface area contributed by atoms with E-state index >= 15 is 0 Å². The van der Waals surface area contributed by atoms with Crippen LogP contribution in [0.3, 0.4) is 0 Å². The zero-order chi connectivity index (χ0) is 23.2. The van der Waals surface area contributed by atoms with Crippen molar-refractivity contribution in [3.8, 4) is 11.4 Å². The number of halogens is 2. The Labute approximate surface area is 208 Å². The van der Waals surface area contributed by atoms with E-state index in [0.29, 0.717) is 34.1 Å². The minimum atomic E-state index is 0.0533. The van der Waals surface area contributed by atoms with Crippen molar-refractivity contribution in [1.29, 1.82) is 0 Å². The first-order valence-corrected chi connectivity index (χ1v) is 12.5. The number of rotatable bonds is 4. The molecule has 1 saturated carbocycles. The maximum Gasteiger partial charge on any atom is 0.253 e. The van der Waals surface area contributed by atoms with E-state index in [2.05, 4.69) is 15.6 Å². The van der Waals surface area contributed by atoms with Crippen molar-refractivity contribution >= 4 is 40.1 Å². The van der Waals surface area contributed by atoms with Crippen molar-refractivity contribution in [2.75, 3.05) is 13.1 Å². The van der Waals surface area contributed by atoms with Gasteiger partial charge in [-0.2, -0.15) is 0 Å². The number of carbonyl (C=O) groups is 1. The van der Waals surface area contributed by atoms with Gasteiger partial charge in [-0.15, -0.1) is 0 Å². The molecule has 1 saturated heterocycles. The number of aromatic nitrogens is 3. The minimum absolute atomic E-state index is 0.0533. The Morgan fingerprint density at radius 1 is 1.03 bits per heavy atom. The lowest BCUT2D eigenvalue weighted by Gasteiger charge is -2.29. The maximum absolute atomic E-state index is 13.4. The predicted octanol–water partition coefficient (Wildman–Crippen LogP) is 6.76. The van der Waals surface area contributed by atoms with Crippen LogP contribution in [0.1, 0.15) is 53.6 Å². The fraction of sp³-hybridized carbons (Fsp3) is 0.296. The summed E-state index contributed by atoms with van der Waals surface area (Å²) in [5.41, 5.74) is 4.59. The number of fused-ring (bicyclic) bond motifs is 1. The van der Waals surface area contributed by atoms with E-state index in [4.69, 9.17) is 28.2 Å². The Morgan fingerprint density at radius 2 is 1.91 bits per heavy atom. The number of hydrogen-bond acceptors (Lipinski definition) is 3. The number of pyridine rings is 1. The van der Waals surface area contributed by atoms with Crippen molar-refractivity contribution < 1.29 is 4.79 Å². The monoisotopic (exact) mass is 490 g/mol. The molecule has 0 N–H and O–H groups in total. The summed E-state index contributed by atoms with van der Waals surface area (Å²) in [6.07, 6.45) is 8.09. The molecule has 1 aliphatic heterocycles. The van der Waals surface area contributed by atoms with Gasteiger partial charge in [0.05, 0.1) is 16.1 Å². The van der Waals surface area contributed by atoms with Crippen LogP contribution >= 0.6 is 23.2 Å². The van der Waals surface area contributed by atoms with Crippen molar-refractivity contribution in [3.63, 3.8) is 0 Å². The van der Waals surface area contributed by atoms with Gasteiger partial charge in [-0.1, -0.05) is 29.3 Å². The van der Waals surface area contributed by atoms with Crippen LogP contribution in [0.2, 0.25) is 10.0 Å². The smallest absolute Gasteiger partial charge is 0.253 e. The molecule has 2 aromatic carbocycles. The fourth-order valence-electron chi connectivity index (χ4n) is 5.12. The molecule has 6 rings (SSSR count). The summed E-state index contributed by atoms with van der Waals surface area (Å²) < 4.78 is 2.29. The van der Waals surface area contributed by atoms with Gasteiger partial charge in [-0.25, -0.2) is 4.98 Å². The van der Waals surface area contributed by atoms with Crippen molar-refractivity contribution in [2.45, 2.75) is 37.6 Å². The average Bonchev–Trinajstić information content (AvgIpc) is 3.44. The van der Waals surface area contributed by atoms with Crippen molar-refractivity contribution in [3.05, 3.63) is 82.1 Å². The van der Waals surface area contributed by atoms with Crippen LogP contribution in [-0.4, -0.2) is 38.4 Å². The van der Waals surface area contributed by atoms with Crippen LogP contribution in [0.5, 0.6) is 0 Å². The molecule has 0 radical (unpaired) electrons. The lowest BCUT2D eigenvalue weighted by atomic mass is 9.92. The number of amides is 1. The van der Waals surface area contributed by atoms with Crippen LogP contribution in [0.4, 0.5) is 0 Å². The molecular formula is C27H24Cl2N4O. The van der Waals surface area contributed by atoms with E-state index in [0.717, 1.165) is 48.2 Å². The fourth-order valence-corrected chi connectivity index (χ4v) is 5.62. The largest absolute Gasteiger partial charge is 0.338 e. The van der Waals surface area contributed by atoms with E-state index in [1.54, 1.807) is 12.3 Å². The molecule has 2 aliphatic rings. The lowest BCUT2D eigenvalue weighted by molar-refractivity contribution is 0.0791. The van der Waals surface area contributed by atoms with E-state index in [1.807, 2.05) is 47.5 Å². The SMILES string of the molecule is O=C(c1ccc2c(c1)nc(-c1ccc(Cl)cc1Cl)n2C1CCC1)N1CCC(c2cccnc2)C1. The molecule has 1 aliphatic carbocycles. The minimum Gasteiger partial charge on any atom is -0.338 e. The Bertz CT molecular complexity index is 1380. The van der Waals surface area contributed by atoms with Crippen LogP contribution < -0.4 is 0 Å². The van der Waals surface area contributed by atoms with Gasteiger partial charge in [0.1, 0.15) is 5.82 Å². The highest BCUT2D eigenvalue weighted by Gasteiger charge is 2.30. The van der Waals surface area contributed by atoms with Crippen LogP contribution in [0, 0.1) is 0 Å². The van der Waals surface area contributed by atoms with Gasteiger partial charge >= 0.3 is 0 Å². The predicted molar refractivity (Wildman–Crippen MR) is 136 cm³/mol. The van der Waals surface area contributed by atoms with E-state index in [-0.39, 0.29) is 5.91 Å². The maximum atomic E-state index is 13.4. The first-order valence-electron chi connectivity index (χ1n) is 11.7. The van der Waals surface area contributed by atoms with Crippen LogP contribution in [0.25, 0.3) is 22.4 Å². The Kier molecular flexibility index (Phi) is 5.54. The van der Waals surface area contributed by atoms with Gasteiger partial charge in [0.15, 0.2) is 0 Å². The number of hydrogen-bond donors (Lipinski definition) is 0. The Morgan fingerprint density at radius 3 is 2.65 bits per heavy atom. The first-order chi connectivity index (χ1) is 16.6. The highest BCUT2D eigenvalue weighted by atomic mass is 35.5. The van der Waals surface area contributed by atoms with Gasteiger partial charge < -0.3 is 9.47 Å². The molecular weight excluding hydrogens is 467 g/mol. The molecule has 1 atom stereocenters. The average molecular weight is 491 g/mol. The summed E-state index contributed by atoms with van der Waals surface area (Å²) in [5.74, 6) is 1.22. The number of likely N-dealkylation sites (tertiary alicyclic amines) is 1. The summed E-state index contributed by atoms with van der Waals surface area (Å²) in [6, 6.07) is 15.9. The molecule has 34 heavy (non-hydrogen) atoms. The normalized spacial score (nSPS) is 18.4. The third kappa shape index (κ3) is 3.77. The number of benzene rings is 2. The zero-order valence-electron chi connectivity index (χ0n) is 18.6. The van der Waals surface area contributed by atoms with Gasteiger partial charge in [0, 0.05) is 53.6 Å². The van der Waals surface area contributed by atoms with Gasteiger partial charge in [0.2, 0.25) is 0 Å². The van der Waals surface area contributed by atoms with Gasteiger partial charge in [-0.3, -0.25) is 9.78 Å². The number of imidazole rings is 1. The highest BCUT2D eigenvalue weighted by molar-refractivity contribution is 6.36. The quantitative estimate of drug-likeness (QED) is 0.317. The zero-order valence-corrected chi connectivity index (χ0v) is 20.1. The lowest BCUT2D eigenvalue weighted by Crippen LogP contribution is -2.28. The molecule has 5 nitrogen and oxygen atoms in total. The Hall–Kier alpha value is -2.89. The van der Waals surface area contributed by atoms with E-state index in [9.17, 15) is 4.79 Å². The molecule has 1 unspecified atom stereocenters. The molecule has 0 bridgehead atoms. The van der Waals surface area contributed by atoms with E-state index in [1.165, 1.54) is 12.0 Å². The summed E-state index contributed by atoms with van der Waals surface area (Å²) in [6.45, 7) is 1.46. The second-order valence-corrected chi connectivity index (χ2v) is 10.1. The molecule has 3 heterocycles. The first kappa shape index (κ1) is 21.6. The molecule has 2 aromatic heterocycles. The van der Waals surface area contributed by atoms with Crippen LogP contribution in [0.15, 0.2) is 60.9 Å². The number of carbonyl (C=O) groups excluding carboxylic acids is 1. The second kappa shape index (κ2) is 8.71. The van der Waals surface area contributed by atoms with E-state index < -0.39 is 0 Å². The van der Waals surface area contributed by atoms with Gasteiger partial charge in [-0.05, 0) is 73.7 Å². The van der Waals surface area contributed by atoms with Crippen molar-refractivity contribution in [1.82, 2.24) is 19.4 Å². The molecule has 1 amide bonds. The second-order valence-electron chi connectivity index (χ2n) is 9.24.